The third-order valence-corrected chi connectivity index (χ3v) is 2.19. The molecule has 0 aliphatic rings. The molecule has 0 aromatic heterocycles. The first-order valence-corrected chi connectivity index (χ1v) is 4.99. The standard InChI is InChI=1S/C9H8BN3O6/c10-8-6(9(15)11-1-2-14)3-5(12(16)17)4-7(8)13(18)19/h3-4,14H,1-2H2,(H,11,15). The van der Waals surface area contributed by atoms with Gasteiger partial charge in [-0.2, -0.15) is 0 Å². The van der Waals surface area contributed by atoms with Gasteiger partial charge in [0.2, 0.25) is 0 Å². The van der Waals surface area contributed by atoms with E-state index in [9.17, 15) is 25.0 Å². The number of benzene rings is 1. The summed E-state index contributed by atoms with van der Waals surface area (Å²) < 4.78 is 0. The van der Waals surface area contributed by atoms with Crippen LogP contribution in [0.2, 0.25) is 0 Å². The molecule has 2 radical (unpaired) electrons. The van der Waals surface area contributed by atoms with Gasteiger partial charge in [0, 0.05) is 18.2 Å². The van der Waals surface area contributed by atoms with Crippen LogP contribution in [0.25, 0.3) is 0 Å². The maximum Gasteiger partial charge on any atom is 0.277 e. The number of nitrogens with zero attached hydrogens (tertiary/aromatic N) is 2. The Labute approximate surface area is 107 Å². The van der Waals surface area contributed by atoms with Gasteiger partial charge in [-0.25, -0.2) is 0 Å². The number of aliphatic hydroxyl groups excluding tert-OH is 1. The first kappa shape index (κ1) is 14.6. The number of carbonyl (C=O) groups is 1. The minimum absolute atomic E-state index is 0.102. The third kappa shape index (κ3) is 3.25. The van der Waals surface area contributed by atoms with Crippen molar-refractivity contribution < 1.29 is 19.7 Å². The van der Waals surface area contributed by atoms with E-state index in [0.717, 1.165) is 6.07 Å². The number of carbonyl (C=O) groups excluding carboxylic acids is 1. The van der Waals surface area contributed by atoms with E-state index in [1.165, 1.54) is 0 Å². The fourth-order valence-corrected chi connectivity index (χ4v) is 1.33. The summed E-state index contributed by atoms with van der Waals surface area (Å²) in [5.41, 5.74) is -2.18. The molecule has 98 valence electrons. The highest BCUT2D eigenvalue weighted by Gasteiger charge is 2.23. The molecule has 9 nitrogen and oxygen atoms in total. The predicted molar refractivity (Wildman–Crippen MR) is 64.6 cm³/mol. The average molecular weight is 265 g/mol. The molecule has 1 aromatic carbocycles. The van der Waals surface area contributed by atoms with Crippen LogP contribution >= 0.6 is 0 Å². The van der Waals surface area contributed by atoms with E-state index in [1.807, 2.05) is 0 Å². The molecule has 0 saturated heterocycles. The van der Waals surface area contributed by atoms with Crippen LogP contribution in [0.4, 0.5) is 11.4 Å². The van der Waals surface area contributed by atoms with Crippen molar-refractivity contribution in [3.8, 4) is 0 Å². The molecule has 1 rings (SSSR count). The van der Waals surface area contributed by atoms with Gasteiger partial charge in [0.05, 0.1) is 22.5 Å². The number of hydrogen-bond acceptors (Lipinski definition) is 6. The summed E-state index contributed by atoms with van der Waals surface area (Å²) in [6.45, 7) is -0.447. The van der Waals surface area contributed by atoms with Crippen LogP contribution < -0.4 is 10.8 Å². The molecule has 0 fully saturated rings. The Balaban J connectivity index is 3.33. The number of nitro benzene ring substituents is 2. The largest absolute Gasteiger partial charge is 0.395 e. The number of nitrogens with one attached hydrogen (secondary N) is 1. The SMILES string of the molecule is [B]c1c(C(=O)NCCO)cc([N+](=O)[O-])cc1[N+](=O)[O-]. The molecule has 0 atom stereocenters. The molecule has 10 heteroatoms. The van der Waals surface area contributed by atoms with Crippen LogP contribution in [0.15, 0.2) is 12.1 Å². The summed E-state index contributed by atoms with van der Waals surface area (Å²) in [6.07, 6.45) is 0. The highest BCUT2D eigenvalue weighted by atomic mass is 16.6. The van der Waals surface area contributed by atoms with Crippen molar-refractivity contribution in [2.75, 3.05) is 13.2 Å². The number of aliphatic hydroxyl groups is 1. The van der Waals surface area contributed by atoms with Crippen LogP contribution in [0.1, 0.15) is 10.4 Å². The second kappa shape index (κ2) is 5.91. The Hall–Kier alpha value is -2.49. The first-order valence-electron chi connectivity index (χ1n) is 4.99. The molecule has 2 N–H and O–H groups in total. The molecule has 0 bridgehead atoms. The van der Waals surface area contributed by atoms with Crippen molar-refractivity contribution in [3.63, 3.8) is 0 Å². The van der Waals surface area contributed by atoms with Crippen molar-refractivity contribution in [1.29, 1.82) is 0 Å². The zero-order chi connectivity index (χ0) is 14.6. The molecular formula is C9H8BN3O6. The summed E-state index contributed by atoms with van der Waals surface area (Å²) in [4.78, 5) is 31.2. The van der Waals surface area contributed by atoms with Gasteiger partial charge in [-0.05, 0) is 5.46 Å². The highest BCUT2D eigenvalue weighted by molar-refractivity contribution is 6.39. The van der Waals surface area contributed by atoms with Crippen LogP contribution in [0, 0.1) is 20.2 Å². The minimum atomic E-state index is -0.912. The van der Waals surface area contributed by atoms with Crippen molar-refractivity contribution in [3.05, 3.63) is 37.9 Å². The number of hydrogen-bond donors (Lipinski definition) is 2. The van der Waals surface area contributed by atoms with Gasteiger partial charge < -0.3 is 10.4 Å². The molecule has 0 aliphatic carbocycles. The first-order chi connectivity index (χ1) is 8.88. The Morgan fingerprint density at radius 1 is 1.32 bits per heavy atom. The highest BCUT2D eigenvalue weighted by Crippen LogP contribution is 2.20. The van der Waals surface area contributed by atoms with Crippen molar-refractivity contribution in [2.24, 2.45) is 0 Å². The third-order valence-electron chi connectivity index (χ3n) is 2.19. The second-order valence-electron chi connectivity index (χ2n) is 3.42. The van der Waals surface area contributed by atoms with Crippen LogP contribution in [0.3, 0.4) is 0 Å². The van der Waals surface area contributed by atoms with Crippen LogP contribution in [-0.2, 0) is 0 Å². The van der Waals surface area contributed by atoms with Gasteiger partial charge >= 0.3 is 0 Å². The molecule has 0 aliphatic heterocycles. The van der Waals surface area contributed by atoms with Gasteiger partial charge in [-0.15, -0.1) is 0 Å². The predicted octanol–water partition coefficient (Wildman–Crippen LogP) is -0.981. The lowest BCUT2D eigenvalue weighted by atomic mass is 9.87. The van der Waals surface area contributed by atoms with Gasteiger partial charge in [-0.1, -0.05) is 0 Å². The Kier molecular flexibility index (Phi) is 4.53. The molecule has 0 saturated carbocycles. The topological polar surface area (TPSA) is 136 Å². The van der Waals surface area contributed by atoms with Gasteiger partial charge in [0.25, 0.3) is 17.3 Å². The Morgan fingerprint density at radius 3 is 2.42 bits per heavy atom. The summed E-state index contributed by atoms with van der Waals surface area (Å²) in [5.74, 6) is -0.835. The fourth-order valence-electron chi connectivity index (χ4n) is 1.33. The maximum atomic E-state index is 11.6. The normalized spacial score (nSPS) is 9.95. The lowest BCUT2D eigenvalue weighted by Gasteiger charge is -2.07. The minimum Gasteiger partial charge on any atom is -0.395 e. The van der Waals surface area contributed by atoms with E-state index in [-0.39, 0.29) is 18.7 Å². The van der Waals surface area contributed by atoms with Crippen molar-refractivity contribution in [2.45, 2.75) is 0 Å². The molecule has 0 heterocycles. The van der Waals surface area contributed by atoms with Gasteiger partial charge in [0.1, 0.15) is 7.85 Å². The number of non-ortho nitro benzene ring substituents is 1. The van der Waals surface area contributed by atoms with E-state index in [2.05, 4.69) is 5.32 Å². The maximum absolute atomic E-state index is 11.6. The van der Waals surface area contributed by atoms with E-state index in [4.69, 9.17) is 13.0 Å². The molecule has 1 amide bonds. The monoisotopic (exact) mass is 265 g/mol. The second-order valence-corrected chi connectivity index (χ2v) is 3.42. The van der Waals surface area contributed by atoms with Crippen molar-refractivity contribution >= 4 is 30.6 Å². The molecular weight excluding hydrogens is 257 g/mol. The smallest absolute Gasteiger partial charge is 0.277 e. The molecule has 0 spiro atoms. The Morgan fingerprint density at radius 2 is 1.95 bits per heavy atom. The molecule has 1 aromatic rings. The van der Waals surface area contributed by atoms with E-state index in [0.29, 0.717) is 6.07 Å². The van der Waals surface area contributed by atoms with Crippen molar-refractivity contribution in [1.82, 2.24) is 5.32 Å². The quantitative estimate of drug-likeness (QED) is 0.399. The van der Waals surface area contributed by atoms with Gasteiger partial charge in [0.15, 0.2) is 0 Å². The zero-order valence-corrected chi connectivity index (χ0v) is 9.53. The fraction of sp³-hybridized carbons (Fsp3) is 0.222. The van der Waals surface area contributed by atoms with E-state index >= 15 is 0 Å². The number of amides is 1. The van der Waals surface area contributed by atoms with Crippen LogP contribution in [-0.4, -0.2) is 41.9 Å². The summed E-state index contributed by atoms with van der Waals surface area (Å²) >= 11 is 0. The Bertz CT molecular complexity index is 547. The lowest BCUT2D eigenvalue weighted by molar-refractivity contribution is -0.393. The summed E-state index contributed by atoms with van der Waals surface area (Å²) in [6, 6.07) is 1.52. The number of rotatable bonds is 5. The molecule has 0 unspecified atom stereocenters. The van der Waals surface area contributed by atoms with Gasteiger partial charge in [-0.3, -0.25) is 25.0 Å². The zero-order valence-electron chi connectivity index (χ0n) is 9.53. The average Bonchev–Trinajstić information content (AvgIpc) is 2.35. The number of nitro groups is 2. The van der Waals surface area contributed by atoms with Crippen LogP contribution in [0.5, 0.6) is 0 Å². The summed E-state index contributed by atoms with van der Waals surface area (Å²) in [5, 5.41) is 32.1. The summed E-state index contributed by atoms with van der Waals surface area (Å²) in [7, 11) is 5.44. The van der Waals surface area contributed by atoms with E-state index < -0.39 is 32.6 Å². The van der Waals surface area contributed by atoms with E-state index in [1.54, 1.807) is 0 Å². The lowest BCUT2D eigenvalue weighted by Crippen LogP contribution is -2.31. The molecule has 19 heavy (non-hydrogen) atoms.